The maximum absolute atomic E-state index is 14.4. The molecule has 2 aromatic rings. The highest BCUT2D eigenvalue weighted by molar-refractivity contribution is 5.66. The van der Waals surface area contributed by atoms with E-state index in [9.17, 15) is 8.78 Å². The zero-order valence-corrected chi connectivity index (χ0v) is 17.0. The second-order valence-electron chi connectivity index (χ2n) is 7.24. The van der Waals surface area contributed by atoms with E-state index in [-0.39, 0.29) is 17.4 Å². The molecule has 156 valence electrons. The minimum absolute atomic E-state index is 0.0581. The summed E-state index contributed by atoms with van der Waals surface area (Å²) in [6.07, 6.45) is 7.11. The van der Waals surface area contributed by atoms with Gasteiger partial charge in [0.15, 0.2) is 11.6 Å². The van der Waals surface area contributed by atoms with Crippen molar-refractivity contribution >= 4 is 0 Å². The molecule has 0 bridgehead atoms. The Labute approximate surface area is 171 Å². The van der Waals surface area contributed by atoms with Crippen molar-refractivity contribution in [3.63, 3.8) is 0 Å². The lowest BCUT2D eigenvalue weighted by atomic mass is 9.98. The third-order valence-electron chi connectivity index (χ3n) is 4.98. The summed E-state index contributed by atoms with van der Waals surface area (Å²) in [7, 11) is 0. The lowest BCUT2D eigenvalue weighted by molar-refractivity contribution is -0.0275. The molecule has 1 aliphatic rings. The van der Waals surface area contributed by atoms with Gasteiger partial charge in [0.2, 0.25) is 5.82 Å². The second kappa shape index (κ2) is 10.4. The van der Waals surface area contributed by atoms with Gasteiger partial charge >= 0.3 is 0 Å². The predicted octanol–water partition coefficient (Wildman–Crippen LogP) is 6.17. The van der Waals surface area contributed by atoms with Crippen LogP contribution in [0.5, 0.6) is 11.5 Å². The number of ether oxygens (including phenoxy) is 3. The van der Waals surface area contributed by atoms with E-state index in [4.69, 9.17) is 14.2 Å². The van der Waals surface area contributed by atoms with Crippen molar-refractivity contribution in [1.82, 2.24) is 0 Å². The molecule has 0 aromatic heterocycles. The summed E-state index contributed by atoms with van der Waals surface area (Å²) in [5.41, 5.74) is 0.780. The van der Waals surface area contributed by atoms with Crippen molar-refractivity contribution in [2.45, 2.75) is 39.2 Å². The minimum Gasteiger partial charge on any atom is -0.491 e. The van der Waals surface area contributed by atoms with Crippen molar-refractivity contribution < 1.29 is 23.0 Å². The van der Waals surface area contributed by atoms with Gasteiger partial charge in [-0.1, -0.05) is 31.2 Å². The van der Waals surface area contributed by atoms with Crippen LogP contribution in [-0.4, -0.2) is 25.9 Å². The van der Waals surface area contributed by atoms with E-state index in [2.05, 4.69) is 12.2 Å². The Bertz CT molecular complexity index is 810. The predicted molar refractivity (Wildman–Crippen MR) is 110 cm³/mol. The first-order valence-electron chi connectivity index (χ1n) is 10.2. The number of hydrogen-bond donors (Lipinski definition) is 0. The Kier molecular flexibility index (Phi) is 7.64. The fourth-order valence-corrected chi connectivity index (χ4v) is 3.38. The first-order valence-corrected chi connectivity index (χ1v) is 10.2. The molecule has 5 heteroatoms. The molecule has 1 heterocycles. The first kappa shape index (κ1) is 21.3. The number of hydrogen-bond acceptors (Lipinski definition) is 3. The monoisotopic (exact) mass is 402 g/mol. The van der Waals surface area contributed by atoms with Crippen LogP contribution in [0, 0.1) is 17.6 Å². The van der Waals surface area contributed by atoms with Crippen molar-refractivity contribution in [3.8, 4) is 22.6 Å². The number of allylic oxidation sites excluding steroid dienone is 1. The third-order valence-corrected chi connectivity index (χ3v) is 4.98. The number of halogens is 2. The molecule has 29 heavy (non-hydrogen) atoms. The van der Waals surface area contributed by atoms with Crippen molar-refractivity contribution in [3.05, 3.63) is 60.2 Å². The highest BCUT2D eigenvalue weighted by Crippen LogP contribution is 2.31. The van der Waals surface area contributed by atoms with E-state index in [1.165, 1.54) is 12.1 Å². The standard InChI is InChI=1S/C24H28F2O3/c1-3-5-17-6-9-20(28-15-17)16-29-19-10-7-18(8-11-19)21-12-13-22(27-14-4-2)24(26)23(21)25/h3,5,7-8,10-13,17,20H,4,6,9,14-16H2,1-2H3/b5-3+. The lowest BCUT2D eigenvalue weighted by Crippen LogP contribution is -2.29. The van der Waals surface area contributed by atoms with Crippen molar-refractivity contribution in [1.29, 1.82) is 0 Å². The van der Waals surface area contributed by atoms with Gasteiger partial charge in [-0.2, -0.15) is 4.39 Å². The van der Waals surface area contributed by atoms with Crippen LogP contribution in [0.25, 0.3) is 11.1 Å². The fourth-order valence-electron chi connectivity index (χ4n) is 3.38. The van der Waals surface area contributed by atoms with Gasteiger partial charge in [-0.15, -0.1) is 0 Å². The molecule has 0 amide bonds. The summed E-state index contributed by atoms with van der Waals surface area (Å²) >= 11 is 0. The average molecular weight is 402 g/mol. The third kappa shape index (κ3) is 5.57. The quantitative estimate of drug-likeness (QED) is 0.494. The van der Waals surface area contributed by atoms with Gasteiger partial charge in [-0.25, -0.2) is 4.39 Å². The summed E-state index contributed by atoms with van der Waals surface area (Å²) in [5, 5.41) is 0. The number of rotatable bonds is 8. The van der Waals surface area contributed by atoms with Gasteiger partial charge in [-0.05, 0) is 56.0 Å². The Morgan fingerprint density at radius 1 is 1.03 bits per heavy atom. The largest absolute Gasteiger partial charge is 0.491 e. The zero-order valence-electron chi connectivity index (χ0n) is 17.0. The molecule has 1 fully saturated rings. The van der Waals surface area contributed by atoms with Gasteiger partial charge in [0.1, 0.15) is 12.4 Å². The molecule has 0 aliphatic carbocycles. The highest BCUT2D eigenvalue weighted by atomic mass is 19.2. The molecular weight excluding hydrogens is 374 g/mol. The molecular formula is C24H28F2O3. The minimum atomic E-state index is -0.957. The second-order valence-corrected chi connectivity index (χ2v) is 7.24. The molecule has 0 radical (unpaired) electrons. The van der Waals surface area contributed by atoms with Gasteiger partial charge < -0.3 is 14.2 Å². The molecule has 0 saturated carbocycles. The first-order chi connectivity index (χ1) is 14.1. The van der Waals surface area contributed by atoms with Crippen LogP contribution in [0.15, 0.2) is 48.6 Å². The molecule has 2 atom stereocenters. The lowest BCUT2D eigenvalue weighted by Gasteiger charge is -2.27. The van der Waals surface area contributed by atoms with E-state index in [1.54, 1.807) is 24.3 Å². The molecule has 2 aromatic carbocycles. The maximum atomic E-state index is 14.4. The maximum Gasteiger partial charge on any atom is 0.201 e. The summed E-state index contributed by atoms with van der Waals surface area (Å²) in [5.74, 6) is -0.751. The van der Waals surface area contributed by atoms with Crippen LogP contribution in [0.3, 0.4) is 0 Å². The summed E-state index contributed by atoms with van der Waals surface area (Å²) in [6.45, 7) is 5.48. The van der Waals surface area contributed by atoms with Crippen LogP contribution in [0.4, 0.5) is 8.78 Å². The molecule has 3 rings (SSSR count). The topological polar surface area (TPSA) is 27.7 Å². The molecule has 3 nitrogen and oxygen atoms in total. The molecule has 0 spiro atoms. The molecule has 2 unspecified atom stereocenters. The van der Waals surface area contributed by atoms with Crippen LogP contribution in [0.2, 0.25) is 0 Å². The van der Waals surface area contributed by atoms with E-state index in [1.807, 2.05) is 13.8 Å². The molecule has 1 saturated heterocycles. The smallest absolute Gasteiger partial charge is 0.201 e. The molecule has 1 aliphatic heterocycles. The van der Waals surface area contributed by atoms with Crippen LogP contribution in [-0.2, 0) is 4.74 Å². The Morgan fingerprint density at radius 2 is 1.83 bits per heavy atom. The SMILES string of the molecule is C/C=C/C1CCC(COc2ccc(-c3ccc(OCCC)c(F)c3F)cc2)OC1. The average Bonchev–Trinajstić information content (AvgIpc) is 2.75. The van der Waals surface area contributed by atoms with Crippen LogP contribution < -0.4 is 9.47 Å². The number of benzene rings is 2. The summed E-state index contributed by atoms with van der Waals surface area (Å²) < 4.78 is 45.6. The normalized spacial score (nSPS) is 19.4. The van der Waals surface area contributed by atoms with E-state index < -0.39 is 11.6 Å². The summed E-state index contributed by atoms with van der Waals surface area (Å²) in [6, 6.07) is 9.98. The Morgan fingerprint density at radius 3 is 2.48 bits per heavy atom. The van der Waals surface area contributed by atoms with Crippen molar-refractivity contribution in [2.24, 2.45) is 5.92 Å². The summed E-state index contributed by atoms with van der Waals surface area (Å²) in [4.78, 5) is 0. The van der Waals surface area contributed by atoms with E-state index >= 15 is 0 Å². The molecule has 0 N–H and O–H groups in total. The van der Waals surface area contributed by atoms with Gasteiger partial charge in [-0.3, -0.25) is 0 Å². The van der Waals surface area contributed by atoms with Crippen molar-refractivity contribution in [2.75, 3.05) is 19.8 Å². The van der Waals surface area contributed by atoms with Crippen LogP contribution >= 0.6 is 0 Å². The Hall–Kier alpha value is -2.40. The highest BCUT2D eigenvalue weighted by Gasteiger charge is 2.20. The van der Waals surface area contributed by atoms with E-state index in [0.29, 0.717) is 30.4 Å². The Balaban J connectivity index is 1.58. The van der Waals surface area contributed by atoms with Gasteiger partial charge in [0, 0.05) is 11.5 Å². The fraction of sp³-hybridized carbons (Fsp3) is 0.417. The van der Waals surface area contributed by atoms with Gasteiger partial charge in [0.05, 0.1) is 19.3 Å². The van der Waals surface area contributed by atoms with Crippen LogP contribution in [0.1, 0.15) is 33.1 Å². The van der Waals surface area contributed by atoms with E-state index in [0.717, 1.165) is 25.9 Å². The van der Waals surface area contributed by atoms with Gasteiger partial charge in [0.25, 0.3) is 0 Å². The zero-order chi connectivity index (χ0) is 20.6.